The van der Waals surface area contributed by atoms with Gasteiger partial charge in [0, 0.05) is 28.4 Å². The fourth-order valence-corrected chi connectivity index (χ4v) is 3.13. The van der Waals surface area contributed by atoms with Crippen LogP contribution in [0.25, 0.3) is 21.8 Å². The average Bonchev–Trinajstić information content (AvgIpc) is 2.86. The molecule has 3 rings (SSSR count). The Hall–Kier alpha value is -1.55. The molecule has 0 saturated carbocycles. The van der Waals surface area contributed by atoms with E-state index >= 15 is 0 Å². The van der Waals surface area contributed by atoms with Crippen LogP contribution in [0.4, 0.5) is 0 Å². The molecule has 130 valence electrons. The Morgan fingerprint density at radius 2 is 1.50 bits per heavy atom. The van der Waals surface area contributed by atoms with Gasteiger partial charge >= 0.3 is 0 Å². The van der Waals surface area contributed by atoms with Crippen LogP contribution in [-0.2, 0) is 6.54 Å². The Balaban J connectivity index is 0.00000208. The Labute approximate surface area is 150 Å². The van der Waals surface area contributed by atoms with Gasteiger partial charge in [0.05, 0.1) is 12.6 Å². The molecule has 24 heavy (non-hydrogen) atoms. The summed E-state index contributed by atoms with van der Waals surface area (Å²) in [5, 5.41) is 16.3. The molecule has 4 heteroatoms. The van der Waals surface area contributed by atoms with Gasteiger partial charge in [0.2, 0.25) is 0 Å². The van der Waals surface area contributed by atoms with Crippen molar-refractivity contribution in [1.82, 2.24) is 9.88 Å². The topological polar surface area (TPSA) is 37.2 Å². The first kappa shape index (κ1) is 18.8. The summed E-state index contributed by atoms with van der Waals surface area (Å²) in [7, 11) is 0. The lowest BCUT2D eigenvalue weighted by molar-refractivity contribution is -0.00000685. The maximum absolute atomic E-state index is 10.4. The largest absolute Gasteiger partial charge is 1.00 e. The molecule has 0 saturated heterocycles. The molecular formula is C20H26ClN2O-. The Morgan fingerprint density at radius 3 is 2.04 bits per heavy atom. The molecule has 0 fully saturated rings. The summed E-state index contributed by atoms with van der Waals surface area (Å²) in [6.07, 6.45) is 0.753. The van der Waals surface area contributed by atoms with Crippen LogP contribution in [-0.4, -0.2) is 28.9 Å². The Morgan fingerprint density at radius 1 is 0.958 bits per heavy atom. The van der Waals surface area contributed by atoms with Crippen LogP contribution in [0.3, 0.4) is 0 Å². The van der Waals surface area contributed by atoms with E-state index in [1.165, 1.54) is 21.8 Å². The summed E-state index contributed by atoms with van der Waals surface area (Å²) in [5.41, 5.74) is 2.38. The third kappa shape index (κ3) is 4.10. The number of fused-ring (bicyclic) bond motifs is 3. The number of hydrogen-bond acceptors (Lipinski definition) is 2. The van der Waals surface area contributed by atoms with E-state index in [1.54, 1.807) is 0 Å². The van der Waals surface area contributed by atoms with Crippen molar-refractivity contribution in [2.24, 2.45) is 5.92 Å². The zero-order valence-corrected chi connectivity index (χ0v) is 15.1. The predicted molar refractivity (Wildman–Crippen MR) is 97.8 cm³/mol. The number of aromatic nitrogens is 1. The molecular weight excluding hydrogens is 320 g/mol. The molecule has 0 aliphatic rings. The molecule has 1 unspecified atom stereocenters. The second-order valence-electron chi connectivity index (χ2n) is 6.69. The van der Waals surface area contributed by atoms with Gasteiger partial charge < -0.3 is 27.4 Å². The van der Waals surface area contributed by atoms with Crippen LogP contribution in [0.1, 0.15) is 20.3 Å². The minimum absolute atomic E-state index is 0. The number of nitrogens with one attached hydrogen (secondary N) is 1. The summed E-state index contributed by atoms with van der Waals surface area (Å²) in [5.74, 6) is 0.692. The number of halogens is 1. The monoisotopic (exact) mass is 345 g/mol. The molecule has 2 N–H and O–H groups in total. The lowest BCUT2D eigenvalue weighted by Crippen LogP contribution is -3.00. The van der Waals surface area contributed by atoms with E-state index in [-0.39, 0.29) is 18.5 Å². The molecule has 0 amide bonds. The highest BCUT2D eigenvalue weighted by molar-refractivity contribution is 6.07. The van der Waals surface area contributed by atoms with Crippen LogP contribution in [0, 0.1) is 5.92 Å². The van der Waals surface area contributed by atoms with E-state index < -0.39 is 0 Å². The SMILES string of the molecule is CC(C)CCNCC(O)Cn1c2ccccc2c2ccccc21.[Cl-]. The van der Waals surface area contributed by atoms with Crippen LogP contribution in [0.2, 0.25) is 0 Å². The van der Waals surface area contributed by atoms with E-state index in [0.717, 1.165) is 13.0 Å². The van der Waals surface area contributed by atoms with Crippen molar-refractivity contribution >= 4 is 21.8 Å². The van der Waals surface area contributed by atoms with Gasteiger partial charge in [-0.3, -0.25) is 0 Å². The smallest absolute Gasteiger partial charge is 0.0843 e. The maximum Gasteiger partial charge on any atom is 0.0843 e. The second-order valence-corrected chi connectivity index (χ2v) is 6.69. The highest BCUT2D eigenvalue weighted by Crippen LogP contribution is 2.28. The first-order valence-electron chi connectivity index (χ1n) is 8.51. The van der Waals surface area contributed by atoms with Crippen LogP contribution in [0.5, 0.6) is 0 Å². The van der Waals surface area contributed by atoms with E-state index in [4.69, 9.17) is 0 Å². The number of benzene rings is 2. The van der Waals surface area contributed by atoms with Gasteiger partial charge in [0.25, 0.3) is 0 Å². The number of hydrogen-bond donors (Lipinski definition) is 2. The third-order valence-corrected chi connectivity index (χ3v) is 4.35. The van der Waals surface area contributed by atoms with E-state index in [2.05, 4.69) is 72.3 Å². The number of para-hydroxylation sites is 2. The molecule has 1 atom stereocenters. The standard InChI is InChI=1S/C20H26N2O.ClH/c1-15(2)11-12-21-13-16(23)14-22-19-9-5-3-7-17(19)18-8-4-6-10-20(18)22;/h3-10,15-16,21,23H,11-14H2,1-2H3;1H/p-1. The van der Waals surface area contributed by atoms with E-state index in [0.29, 0.717) is 19.0 Å². The van der Waals surface area contributed by atoms with Gasteiger partial charge in [0.1, 0.15) is 0 Å². The molecule has 3 aromatic rings. The first-order valence-corrected chi connectivity index (χ1v) is 8.51. The fourth-order valence-electron chi connectivity index (χ4n) is 3.13. The molecule has 0 radical (unpaired) electrons. The maximum atomic E-state index is 10.4. The second kappa shape index (κ2) is 8.52. The number of aliphatic hydroxyl groups is 1. The molecule has 0 bridgehead atoms. The summed E-state index contributed by atoms with van der Waals surface area (Å²) >= 11 is 0. The van der Waals surface area contributed by atoms with Crippen molar-refractivity contribution < 1.29 is 17.5 Å². The van der Waals surface area contributed by atoms with Crippen molar-refractivity contribution in [2.75, 3.05) is 13.1 Å². The summed E-state index contributed by atoms with van der Waals surface area (Å²) in [4.78, 5) is 0. The third-order valence-electron chi connectivity index (χ3n) is 4.35. The van der Waals surface area contributed by atoms with Crippen molar-refractivity contribution in [3.63, 3.8) is 0 Å². The summed E-state index contributed by atoms with van der Waals surface area (Å²) < 4.78 is 2.24. The van der Waals surface area contributed by atoms with Gasteiger partial charge in [-0.05, 0) is 31.0 Å². The zero-order chi connectivity index (χ0) is 16.2. The number of nitrogens with zero attached hydrogens (tertiary/aromatic N) is 1. The van der Waals surface area contributed by atoms with Gasteiger partial charge in [-0.25, -0.2) is 0 Å². The van der Waals surface area contributed by atoms with Gasteiger partial charge in [0.15, 0.2) is 0 Å². The molecule has 0 aliphatic carbocycles. The molecule has 3 nitrogen and oxygen atoms in total. The lowest BCUT2D eigenvalue weighted by Gasteiger charge is -2.15. The van der Waals surface area contributed by atoms with Crippen LogP contribution < -0.4 is 17.7 Å². The molecule has 2 aromatic carbocycles. The summed E-state index contributed by atoms with van der Waals surface area (Å²) in [6.45, 7) is 6.64. The molecule has 0 spiro atoms. The van der Waals surface area contributed by atoms with Gasteiger partial charge in [-0.15, -0.1) is 0 Å². The molecule has 0 aliphatic heterocycles. The predicted octanol–water partition coefficient (Wildman–Crippen LogP) is 0.795. The quantitative estimate of drug-likeness (QED) is 0.621. The van der Waals surface area contributed by atoms with E-state index in [9.17, 15) is 5.11 Å². The van der Waals surface area contributed by atoms with Crippen molar-refractivity contribution in [3.05, 3.63) is 48.5 Å². The number of aliphatic hydroxyl groups excluding tert-OH is 1. The van der Waals surface area contributed by atoms with Crippen molar-refractivity contribution in [3.8, 4) is 0 Å². The molecule has 1 heterocycles. The van der Waals surface area contributed by atoms with E-state index in [1.807, 2.05) is 0 Å². The van der Waals surface area contributed by atoms with Crippen molar-refractivity contribution in [2.45, 2.75) is 32.9 Å². The molecule has 1 aromatic heterocycles. The average molecular weight is 346 g/mol. The summed E-state index contributed by atoms with van der Waals surface area (Å²) in [6, 6.07) is 16.8. The van der Waals surface area contributed by atoms with Gasteiger partial charge in [-0.2, -0.15) is 0 Å². The minimum Gasteiger partial charge on any atom is -1.00 e. The minimum atomic E-state index is -0.388. The van der Waals surface area contributed by atoms with Crippen molar-refractivity contribution in [1.29, 1.82) is 0 Å². The fraction of sp³-hybridized carbons (Fsp3) is 0.400. The Bertz CT molecular complexity index is 728. The number of rotatable bonds is 7. The lowest BCUT2D eigenvalue weighted by atomic mass is 10.1. The highest BCUT2D eigenvalue weighted by atomic mass is 35.5. The highest BCUT2D eigenvalue weighted by Gasteiger charge is 2.12. The van der Waals surface area contributed by atoms with Gasteiger partial charge in [-0.1, -0.05) is 50.2 Å². The zero-order valence-electron chi connectivity index (χ0n) is 14.4. The Kier molecular flexibility index (Phi) is 6.67. The van der Waals surface area contributed by atoms with Crippen LogP contribution >= 0.6 is 0 Å². The van der Waals surface area contributed by atoms with Crippen LogP contribution in [0.15, 0.2) is 48.5 Å². The normalized spacial score (nSPS) is 12.7. The first-order chi connectivity index (χ1) is 11.2.